The van der Waals surface area contributed by atoms with Gasteiger partial charge in [-0.2, -0.15) is 0 Å². The van der Waals surface area contributed by atoms with Crippen LogP contribution >= 0.6 is 11.8 Å². The predicted molar refractivity (Wildman–Crippen MR) is 59.2 cm³/mol. The van der Waals surface area contributed by atoms with Gasteiger partial charge in [0.05, 0.1) is 7.11 Å². The maximum absolute atomic E-state index is 11.1. The van der Waals surface area contributed by atoms with E-state index in [1.54, 1.807) is 25.8 Å². The van der Waals surface area contributed by atoms with Crippen LogP contribution in [0.4, 0.5) is 0 Å². The van der Waals surface area contributed by atoms with E-state index >= 15 is 0 Å². The van der Waals surface area contributed by atoms with Crippen LogP contribution in [-0.2, 0) is 11.2 Å². The molecule has 0 aliphatic carbocycles. The van der Waals surface area contributed by atoms with Crippen molar-refractivity contribution in [1.82, 2.24) is 0 Å². The first-order valence-corrected chi connectivity index (χ1v) is 5.60. The molecule has 3 heteroatoms. The van der Waals surface area contributed by atoms with E-state index in [2.05, 4.69) is 0 Å². The van der Waals surface area contributed by atoms with Crippen LogP contribution in [0.1, 0.15) is 12.5 Å². The van der Waals surface area contributed by atoms with Gasteiger partial charge in [-0.15, -0.1) is 11.8 Å². The summed E-state index contributed by atoms with van der Waals surface area (Å²) in [4.78, 5) is 12.2. The molecule has 0 atom stereocenters. The third kappa shape index (κ3) is 2.51. The van der Waals surface area contributed by atoms with E-state index in [1.165, 1.54) is 0 Å². The van der Waals surface area contributed by atoms with E-state index in [0.29, 0.717) is 6.42 Å². The molecular formula is C11H14O2S. The standard InChI is InChI=1S/C11H14O2S/c1-8(12)7-9-10(13-2)5-4-6-11(9)14-3/h4-6H,7H2,1-3H3. The fourth-order valence-electron chi connectivity index (χ4n) is 1.35. The van der Waals surface area contributed by atoms with Crippen LogP contribution in [0.3, 0.4) is 0 Å². The monoisotopic (exact) mass is 210 g/mol. The molecule has 0 bridgehead atoms. The van der Waals surface area contributed by atoms with Crippen molar-refractivity contribution in [2.45, 2.75) is 18.2 Å². The summed E-state index contributed by atoms with van der Waals surface area (Å²) in [6, 6.07) is 5.83. The Labute approximate surface area is 88.7 Å². The zero-order chi connectivity index (χ0) is 10.6. The van der Waals surface area contributed by atoms with Crippen molar-refractivity contribution >= 4 is 17.5 Å². The van der Waals surface area contributed by atoms with Crippen molar-refractivity contribution in [3.05, 3.63) is 23.8 Å². The van der Waals surface area contributed by atoms with Gasteiger partial charge in [-0.25, -0.2) is 0 Å². The molecule has 0 spiro atoms. The zero-order valence-electron chi connectivity index (χ0n) is 8.66. The summed E-state index contributed by atoms with van der Waals surface area (Å²) in [6.07, 6.45) is 2.44. The number of hydrogen-bond acceptors (Lipinski definition) is 3. The molecule has 76 valence electrons. The number of hydrogen-bond donors (Lipinski definition) is 0. The number of Topliss-reactive ketones (excluding diaryl/α,β-unsaturated/α-hetero) is 1. The quantitative estimate of drug-likeness (QED) is 0.714. The Morgan fingerprint density at radius 2 is 2.21 bits per heavy atom. The highest BCUT2D eigenvalue weighted by Gasteiger charge is 2.09. The maximum Gasteiger partial charge on any atom is 0.134 e. The van der Waals surface area contributed by atoms with Crippen molar-refractivity contribution in [2.24, 2.45) is 0 Å². The van der Waals surface area contributed by atoms with Crippen LogP contribution in [-0.4, -0.2) is 19.1 Å². The van der Waals surface area contributed by atoms with Gasteiger partial charge in [0.25, 0.3) is 0 Å². The highest BCUT2D eigenvalue weighted by Crippen LogP contribution is 2.29. The molecule has 0 aliphatic rings. The average molecular weight is 210 g/mol. The second-order valence-corrected chi connectivity index (χ2v) is 3.87. The Morgan fingerprint density at radius 1 is 1.50 bits per heavy atom. The second-order valence-electron chi connectivity index (χ2n) is 3.02. The van der Waals surface area contributed by atoms with Gasteiger partial charge in [0.2, 0.25) is 0 Å². The summed E-state index contributed by atoms with van der Waals surface area (Å²) in [6.45, 7) is 1.59. The number of carbonyl (C=O) groups is 1. The van der Waals surface area contributed by atoms with Gasteiger partial charge < -0.3 is 4.74 Å². The van der Waals surface area contributed by atoms with Crippen LogP contribution < -0.4 is 4.74 Å². The molecule has 1 aromatic rings. The fourth-order valence-corrected chi connectivity index (χ4v) is 1.98. The van der Waals surface area contributed by atoms with Gasteiger partial charge in [-0.3, -0.25) is 4.79 Å². The molecule has 2 nitrogen and oxygen atoms in total. The number of rotatable bonds is 4. The van der Waals surface area contributed by atoms with Gasteiger partial charge in [0.15, 0.2) is 0 Å². The van der Waals surface area contributed by atoms with Gasteiger partial charge in [-0.1, -0.05) is 6.07 Å². The van der Waals surface area contributed by atoms with Crippen molar-refractivity contribution < 1.29 is 9.53 Å². The Morgan fingerprint density at radius 3 is 2.71 bits per heavy atom. The van der Waals surface area contributed by atoms with Crippen molar-refractivity contribution in [3.8, 4) is 5.75 Å². The summed E-state index contributed by atoms with van der Waals surface area (Å²) in [5.41, 5.74) is 0.995. The molecule has 0 radical (unpaired) electrons. The van der Waals surface area contributed by atoms with Crippen LogP contribution in [0, 0.1) is 0 Å². The Bertz CT molecular complexity index is 312. The average Bonchev–Trinajstić information content (AvgIpc) is 2.17. The summed E-state index contributed by atoms with van der Waals surface area (Å²) in [7, 11) is 1.63. The van der Waals surface area contributed by atoms with Gasteiger partial charge >= 0.3 is 0 Å². The first-order chi connectivity index (χ1) is 6.69. The van der Waals surface area contributed by atoms with Gasteiger partial charge in [-0.05, 0) is 25.3 Å². The van der Waals surface area contributed by atoms with E-state index in [1.807, 2.05) is 24.5 Å². The second kappa shape index (κ2) is 5.05. The molecule has 0 heterocycles. The highest BCUT2D eigenvalue weighted by atomic mass is 32.2. The molecular weight excluding hydrogens is 196 g/mol. The van der Waals surface area contributed by atoms with Crippen LogP contribution in [0.25, 0.3) is 0 Å². The first-order valence-electron chi connectivity index (χ1n) is 4.38. The van der Waals surface area contributed by atoms with Crippen LogP contribution in [0.5, 0.6) is 5.75 Å². The molecule has 0 aromatic heterocycles. The summed E-state index contributed by atoms with van der Waals surface area (Å²) in [5, 5.41) is 0. The molecule has 0 saturated heterocycles. The topological polar surface area (TPSA) is 26.3 Å². The van der Waals surface area contributed by atoms with Crippen molar-refractivity contribution in [3.63, 3.8) is 0 Å². The molecule has 1 aromatic carbocycles. The lowest BCUT2D eigenvalue weighted by Crippen LogP contribution is -2.01. The molecule has 1 rings (SSSR count). The lowest BCUT2D eigenvalue weighted by atomic mass is 10.1. The first kappa shape index (κ1) is 11.1. The smallest absolute Gasteiger partial charge is 0.134 e. The van der Waals surface area contributed by atoms with Gasteiger partial charge in [0, 0.05) is 16.9 Å². The minimum absolute atomic E-state index is 0.157. The van der Waals surface area contributed by atoms with Crippen molar-refractivity contribution in [2.75, 3.05) is 13.4 Å². The molecule has 0 saturated carbocycles. The Hall–Kier alpha value is -0.960. The lowest BCUT2D eigenvalue weighted by molar-refractivity contribution is -0.116. The number of benzene rings is 1. The number of ether oxygens (including phenoxy) is 1. The molecule has 0 N–H and O–H groups in total. The largest absolute Gasteiger partial charge is 0.496 e. The van der Waals surface area contributed by atoms with Crippen molar-refractivity contribution in [1.29, 1.82) is 0 Å². The molecule has 0 aliphatic heterocycles. The summed E-state index contributed by atoms with van der Waals surface area (Å²) < 4.78 is 5.22. The highest BCUT2D eigenvalue weighted by molar-refractivity contribution is 7.98. The number of ketones is 1. The van der Waals surface area contributed by atoms with E-state index in [-0.39, 0.29) is 5.78 Å². The SMILES string of the molecule is COc1cccc(SC)c1CC(C)=O. The fraction of sp³-hybridized carbons (Fsp3) is 0.364. The minimum Gasteiger partial charge on any atom is -0.496 e. The number of methoxy groups -OCH3 is 1. The molecule has 0 amide bonds. The maximum atomic E-state index is 11.1. The minimum atomic E-state index is 0.157. The number of thioether (sulfide) groups is 1. The van der Waals surface area contributed by atoms with E-state index in [4.69, 9.17) is 4.74 Å². The van der Waals surface area contributed by atoms with Crippen LogP contribution in [0.2, 0.25) is 0 Å². The van der Waals surface area contributed by atoms with E-state index < -0.39 is 0 Å². The molecule has 0 unspecified atom stereocenters. The number of carbonyl (C=O) groups excluding carboxylic acids is 1. The lowest BCUT2D eigenvalue weighted by Gasteiger charge is -2.10. The third-order valence-corrected chi connectivity index (χ3v) is 2.78. The molecule has 14 heavy (non-hydrogen) atoms. The van der Waals surface area contributed by atoms with Crippen LogP contribution in [0.15, 0.2) is 23.1 Å². The van der Waals surface area contributed by atoms with E-state index in [9.17, 15) is 4.79 Å². The molecule has 0 fully saturated rings. The van der Waals surface area contributed by atoms with Gasteiger partial charge in [0.1, 0.15) is 11.5 Å². The normalized spacial score (nSPS) is 9.93. The summed E-state index contributed by atoms with van der Waals surface area (Å²) >= 11 is 1.63. The van der Waals surface area contributed by atoms with E-state index in [0.717, 1.165) is 16.2 Å². The summed E-state index contributed by atoms with van der Waals surface area (Å²) in [5.74, 6) is 0.955. The predicted octanol–water partition coefficient (Wildman–Crippen LogP) is 2.55. The third-order valence-electron chi connectivity index (χ3n) is 1.96. The zero-order valence-corrected chi connectivity index (χ0v) is 9.48. The Balaban J connectivity index is 3.12. The Kier molecular flexibility index (Phi) is 4.01.